The highest BCUT2D eigenvalue weighted by Crippen LogP contribution is 2.14. The number of aliphatic hydroxyl groups is 1. The largest absolute Gasteiger partial charge is 0.391 e. The summed E-state index contributed by atoms with van der Waals surface area (Å²) in [6, 6.07) is 5.66. The molecule has 2 N–H and O–H groups in total. The van der Waals surface area contributed by atoms with E-state index in [2.05, 4.69) is 5.32 Å². The van der Waals surface area contributed by atoms with E-state index in [4.69, 9.17) is 0 Å². The molecule has 22 heavy (non-hydrogen) atoms. The number of nitrogens with zero attached hydrogens (tertiary/aromatic N) is 1. The Kier molecular flexibility index (Phi) is 5.49. The molecular weight excluding hydrogens is 287 g/mol. The van der Waals surface area contributed by atoms with Crippen LogP contribution in [0.4, 0.5) is 4.39 Å². The summed E-state index contributed by atoms with van der Waals surface area (Å²) in [6.07, 6.45) is 0.407. The molecule has 5 nitrogen and oxygen atoms in total. The van der Waals surface area contributed by atoms with Gasteiger partial charge in [-0.2, -0.15) is 0 Å². The van der Waals surface area contributed by atoms with Crippen molar-refractivity contribution < 1.29 is 19.1 Å². The van der Waals surface area contributed by atoms with E-state index in [9.17, 15) is 19.1 Å². The van der Waals surface area contributed by atoms with Crippen LogP contribution in [0.15, 0.2) is 24.3 Å². The van der Waals surface area contributed by atoms with E-state index in [0.717, 1.165) is 0 Å². The molecular formula is C16H21FN2O3. The number of hydrogen-bond donors (Lipinski definition) is 2. The number of halogens is 1. The zero-order chi connectivity index (χ0) is 16.1. The molecule has 0 saturated carbocycles. The van der Waals surface area contributed by atoms with Crippen LogP contribution >= 0.6 is 0 Å². The quantitative estimate of drug-likeness (QED) is 0.870. The van der Waals surface area contributed by atoms with Gasteiger partial charge >= 0.3 is 0 Å². The fourth-order valence-electron chi connectivity index (χ4n) is 2.70. The average molecular weight is 308 g/mol. The van der Waals surface area contributed by atoms with E-state index < -0.39 is 6.10 Å². The van der Waals surface area contributed by atoms with Gasteiger partial charge in [0.2, 0.25) is 11.8 Å². The van der Waals surface area contributed by atoms with Gasteiger partial charge in [0.25, 0.3) is 0 Å². The van der Waals surface area contributed by atoms with Crippen molar-refractivity contribution in [1.82, 2.24) is 10.2 Å². The molecule has 1 aliphatic heterocycles. The lowest BCUT2D eigenvalue weighted by molar-refractivity contribution is -0.130. The predicted molar refractivity (Wildman–Crippen MR) is 79.5 cm³/mol. The Balaban J connectivity index is 1.95. The van der Waals surface area contributed by atoms with Crippen molar-refractivity contribution in [3.8, 4) is 0 Å². The third-order valence-electron chi connectivity index (χ3n) is 3.86. The van der Waals surface area contributed by atoms with Crippen molar-refractivity contribution in [2.75, 3.05) is 13.1 Å². The normalized spacial score (nSPS) is 22.0. The van der Waals surface area contributed by atoms with Gasteiger partial charge in [0.05, 0.1) is 18.6 Å². The molecule has 1 fully saturated rings. The van der Waals surface area contributed by atoms with Crippen molar-refractivity contribution in [3.63, 3.8) is 0 Å². The summed E-state index contributed by atoms with van der Waals surface area (Å²) in [5.74, 6) is -0.646. The molecule has 0 spiro atoms. The monoisotopic (exact) mass is 308 g/mol. The average Bonchev–Trinajstić information content (AvgIpc) is 2.61. The molecule has 6 heteroatoms. The van der Waals surface area contributed by atoms with Crippen molar-refractivity contribution in [2.24, 2.45) is 0 Å². The van der Waals surface area contributed by atoms with Crippen LogP contribution in [0.2, 0.25) is 0 Å². The number of hydrogen-bond acceptors (Lipinski definition) is 3. The molecule has 0 bridgehead atoms. The first-order chi connectivity index (χ1) is 10.5. The molecule has 1 saturated heterocycles. The van der Waals surface area contributed by atoms with Crippen LogP contribution in [-0.2, 0) is 16.0 Å². The minimum Gasteiger partial charge on any atom is -0.391 e. The van der Waals surface area contributed by atoms with Crippen molar-refractivity contribution >= 4 is 11.8 Å². The summed E-state index contributed by atoms with van der Waals surface area (Å²) in [4.78, 5) is 25.1. The highest BCUT2D eigenvalue weighted by Gasteiger charge is 2.27. The summed E-state index contributed by atoms with van der Waals surface area (Å²) < 4.78 is 13.2. The van der Waals surface area contributed by atoms with Gasteiger partial charge in [-0.1, -0.05) is 12.1 Å². The van der Waals surface area contributed by atoms with Crippen LogP contribution in [0.3, 0.4) is 0 Å². The highest BCUT2D eigenvalue weighted by atomic mass is 19.1. The predicted octanol–water partition coefficient (Wildman–Crippen LogP) is 0.856. The number of amides is 2. The Morgan fingerprint density at radius 1 is 1.36 bits per heavy atom. The summed E-state index contributed by atoms with van der Waals surface area (Å²) in [6.45, 7) is 2.31. The molecule has 0 aromatic heterocycles. The lowest BCUT2D eigenvalue weighted by Crippen LogP contribution is -2.42. The molecule has 1 heterocycles. The van der Waals surface area contributed by atoms with E-state index in [1.807, 2.05) is 0 Å². The lowest BCUT2D eigenvalue weighted by atomic mass is 10.1. The summed E-state index contributed by atoms with van der Waals surface area (Å²) in [5, 5.41) is 12.7. The molecule has 120 valence electrons. The second kappa shape index (κ2) is 7.35. The molecule has 2 amide bonds. The van der Waals surface area contributed by atoms with Crippen LogP contribution in [0.1, 0.15) is 25.3 Å². The van der Waals surface area contributed by atoms with Gasteiger partial charge in [-0.25, -0.2) is 4.39 Å². The van der Waals surface area contributed by atoms with Gasteiger partial charge in [0.15, 0.2) is 0 Å². The van der Waals surface area contributed by atoms with Gasteiger partial charge in [-0.3, -0.25) is 9.59 Å². The minimum absolute atomic E-state index is 0.0960. The summed E-state index contributed by atoms with van der Waals surface area (Å²) >= 11 is 0. The number of likely N-dealkylation sites (tertiary alicyclic amines) is 1. The van der Waals surface area contributed by atoms with Gasteiger partial charge < -0.3 is 15.3 Å². The second-order valence-electron chi connectivity index (χ2n) is 5.64. The van der Waals surface area contributed by atoms with Gasteiger partial charge in [0.1, 0.15) is 5.82 Å². The number of benzene rings is 1. The smallest absolute Gasteiger partial charge is 0.226 e. The first-order valence-corrected chi connectivity index (χ1v) is 7.43. The Morgan fingerprint density at radius 2 is 2.09 bits per heavy atom. The van der Waals surface area contributed by atoms with E-state index in [-0.39, 0.29) is 30.1 Å². The Bertz CT molecular complexity index is 550. The van der Waals surface area contributed by atoms with E-state index >= 15 is 0 Å². The maximum absolute atomic E-state index is 13.2. The van der Waals surface area contributed by atoms with E-state index in [1.54, 1.807) is 17.0 Å². The molecule has 0 unspecified atom stereocenters. The van der Waals surface area contributed by atoms with Crippen LogP contribution in [0, 0.1) is 5.82 Å². The van der Waals surface area contributed by atoms with E-state index in [0.29, 0.717) is 31.5 Å². The number of carbonyl (C=O) groups excluding carboxylic acids is 2. The Morgan fingerprint density at radius 3 is 2.77 bits per heavy atom. The lowest BCUT2D eigenvalue weighted by Gasteiger charge is -2.21. The fourth-order valence-corrected chi connectivity index (χ4v) is 2.70. The third kappa shape index (κ3) is 4.53. The first kappa shape index (κ1) is 16.4. The van der Waals surface area contributed by atoms with Gasteiger partial charge in [-0.15, -0.1) is 0 Å². The Hall–Kier alpha value is -1.95. The molecule has 1 aromatic carbocycles. The number of carbonyl (C=O) groups is 2. The van der Waals surface area contributed by atoms with E-state index in [1.165, 1.54) is 19.1 Å². The number of nitrogens with one attached hydrogen (secondary N) is 1. The van der Waals surface area contributed by atoms with Crippen LogP contribution in [0.25, 0.3) is 0 Å². The third-order valence-corrected chi connectivity index (χ3v) is 3.86. The Labute approximate surface area is 129 Å². The molecule has 1 aromatic rings. The highest BCUT2D eigenvalue weighted by molar-refractivity contribution is 5.79. The number of aliphatic hydroxyl groups excluding tert-OH is 1. The topological polar surface area (TPSA) is 69.6 Å². The van der Waals surface area contributed by atoms with Crippen molar-refractivity contribution in [2.45, 2.75) is 38.3 Å². The van der Waals surface area contributed by atoms with Crippen LogP contribution < -0.4 is 5.32 Å². The van der Waals surface area contributed by atoms with Crippen LogP contribution in [-0.4, -0.2) is 47.1 Å². The molecule has 0 aliphatic carbocycles. The summed E-state index contributed by atoms with van der Waals surface area (Å²) in [7, 11) is 0. The van der Waals surface area contributed by atoms with Crippen molar-refractivity contribution in [1.29, 1.82) is 0 Å². The summed E-state index contributed by atoms with van der Waals surface area (Å²) in [5.41, 5.74) is 0.633. The molecule has 0 radical (unpaired) electrons. The zero-order valence-electron chi connectivity index (χ0n) is 12.6. The fraction of sp³-hybridized carbons (Fsp3) is 0.500. The van der Waals surface area contributed by atoms with Crippen molar-refractivity contribution in [3.05, 3.63) is 35.6 Å². The SMILES string of the molecule is CC(=O)N[C@H]1CCN(C(=O)Cc2cccc(F)c2)CC[C@@H]1O. The standard InChI is InChI=1S/C16H21FN2O3/c1-11(20)18-14-5-7-19(8-6-15(14)21)16(22)10-12-3-2-4-13(17)9-12/h2-4,9,14-15,21H,5-8,10H2,1H3,(H,18,20)/t14-,15-/m0/s1. The minimum atomic E-state index is -0.657. The number of rotatable bonds is 3. The molecule has 1 aliphatic rings. The zero-order valence-corrected chi connectivity index (χ0v) is 12.6. The first-order valence-electron chi connectivity index (χ1n) is 7.43. The van der Waals surface area contributed by atoms with Gasteiger partial charge in [-0.05, 0) is 30.5 Å². The molecule has 2 rings (SSSR count). The maximum Gasteiger partial charge on any atom is 0.226 e. The second-order valence-corrected chi connectivity index (χ2v) is 5.64. The molecule has 2 atom stereocenters. The van der Waals surface area contributed by atoms with Crippen LogP contribution in [0.5, 0.6) is 0 Å². The van der Waals surface area contributed by atoms with Gasteiger partial charge in [0, 0.05) is 20.0 Å². The maximum atomic E-state index is 13.2.